The quantitative estimate of drug-likeness (QED) is 0.164. The van der Waals surface area contributed by atoms with Crippen LogP contribution in [0.5, 0.6) is 0 Å². The van der Waals surface area contributed by atoms with E-state index in [9.17, 15) is 4.79 Å². The van der Waals surface area contributed by atoms with E-state index in [0.717, 1.165) is 18.5 Å². The van der Waals surface area contributed by atoms with Crippen molar-refractivity contribution in [3.05, 3.63) is 90.5 Å². The van der Waals surface area contributed by atoms with Crippen molar-refractivity contribution in [2.75, 3.05) is 5.43 Å². The minimum absolute atomic E-state index is 0. The third-order valence-electron chi connectivity index (χ3n) is 4.19. The van der Waals surface area contributed by atoms with Gasteiger partial charge in [-0.15, -0.1) is 0 Å². The van der Waals surface area contributed by atoms with Gasteiger partial charge in [0.1, 0.15) is 7.05 Å². The van der Waals surface area contributed by atoms with Gasteiger partial charge in [0.15, 0.2) is 24.8 Å². The number of aryl methyl sites for hydroxylation is 3. The summed E-state index contributed by atoms with van der Waals surface area (Å²) in [4.78, 5) is 12.1. The van der Waals surface area contributed by atoms with Gasteiger partial charge in [-0.25, -0.2) is 4.57 Å². The Kier molecular flexibility index (Phi) is 11.0. The van der Waals surface area contributed by atoms with E-state index in [1.54, 1.807) is 0 Å². The molecule has 0 aliphatic carbocycles. The van der Waals surface area contributed by atoms with Gasteiger partial charge in [0, 0.05) is 24.3 Å². The van der Waals surface area contributed by atoms with Crippen LogP contribution in [-0.2, 0) is 31.2 Å². The second kappa shape index (κ2) is 12.7. The summed E-state index contributed by atoms with van der Waals surface area (Å²) in [7, 11) is 2.01. The average molecular weight is 602 g/mol. The molecule has 0 fully saturated rings. The van der Waals surface area contributed by atoms with Crippen LogP contribution in [0.15, 0.2) is 79.4 Å². The van der Waals surface area contributed by atoms with Crippen molar-refractivity contribution in [1.29, 1.82) is 0 Å². The summed E-state index contributed by atoms with van der Waals surface area (Å²) in [5, 5.41) is 0. The summed E-state index contributed by atoms with van der Waals surface area (Å²) in [6.07, 6.45) is 9.70. The van der Waals surface area contributed by atoms with Crippen LogP contribution in [-0.4, -0.2) is 5.91 Å². The van der Waals surface area contributed by atoms with Crippen molar-refractivity contribution in [1.82, 2.24) is 5.43 Å². The first kappa shape index (κ1) is 24.3. The maximum Gasteiger partial charge on any atom is 0.304 e. The topological polar surface area (TPSA) is 48.9 Å². The molecule has 0 unspecified atom stereocenters. The fraction of sp³-hybridized carbons (Fsp3) is 0.190. The Morgan fingerprint density at radius 1 is 0.857 bits per heavy atom. The maximum absolute atomic E-state index is 12.1. The van der Waals surface area contributed by atoms with E-state index in [2.05, 4.69) is 41.4 Å². The molecule has 0 radical (unpaired) electrons. The molecule has 1 amide bonds. The monoisotopic (exact) mass is 602 g/mol. The average Bonchev–Trinajstić information content (AvgIpc) is 2.67. The molecule has 0 atom stereocenters. The predicted molar refractivity (Wildman–Crippen MR) is 99.9 cm³/mol. The maximum atomic E-state index is 12.1. The van der Waals surface area contributed by atoms with E-state index >= 15 is 0 Å². The standard InChI is InChI=1S/C21H23N4O.2HI/c1-24-15-11-18(12-16-24)9-10-19-7-3-4-8-20(19)22-23-21(26)17-25-13-5-2-6-14-25;;/h2-8,11-16,22H,9-10,17H2,1H3;2*1H/q+1;;/p-1. The molecular weight excluding hydrogens is 578 g/mol. The summed E-state index contributed by atoms with van der Waals surface area (Å²) in [5.41, 5.74) is 9.24. The number of nitrogens with one attached hydrogen (secondary N) is 2. The molecule has 28 heavy (non-hydrogen) atoms. The third-order valence-corrected chi connectivity index (χ3v) is 4.19. The highest BCUT2D eigenvalue weighted by Crippen LogP contribution is 2.16. The molecule has 1 aromatic carbocycles. The lowest BCUT2D eigenvalue weighted by atomic mass is 10.0. The first-order chi connectivity index (χ1) is 12.7. The molecule has 0 saturated heterocycles. The van der Waals surface area contributed by atoms with E-state index in [-0.39, 0.29) is 60.4 Å². The molecule has 0 saturated carbocycles. The van der Waals surface area contributed by atoms with Crippen molar-refractivity contribution < 1.29 is 61.9 Å². The number of hydrogen-bond acceptors (Lipinski definition) is 2. The van der Waals surface area contributed by atoms with Gasteiger partial charge in [-0.1, -0.05) is 24.3 Å². The van der Waals surface area contributed by atoms with Crippen LogP contribution in [0.25, 0.3) is 0 Å². The number of nitrogens with zero attached hydrogens (tertiary/aromatic N) is 2. The minimum atomic E-state index is -0.0911. The van der Waals surface area contributed by atoms with Crippen LogP contribution < -0.4 is 67.9 Å². The molecule has 0 aliphatic rings. The molecular formula is C21H24I2N4O. The lowest BCUT2D eigenvalue weighted by Gasteiger charge is -2.12. The first-order valence-corrected chi connectivity index (χ1v) is 8.72. The molecule has 0 spiro atoms. The van der Waals surface area contributed by atoms with Gasteiger partial charge in [-0.05, 0) is 30.0 Å². The Labute approximate surface area is 200 Å². The van der Waals surface area contributed by atoms with E-state index in [4.69, 9.17) is 0 Å². The Bertz CT molecular complexity index is 858. The zero-order valence-electron chi connectivity index (χ0n) is 15.7. The first-order valence-electron chi connectivity index (χ1n) is 8.72. The highest BCUT2D eigenvalue weighted by atomic mass is 127. The zero-order chi connectivity index (χ0) is 18.2. The molecule has 3 rings (SSSR count). The van der Waals surface area contributed by atoms with Gasteiger partial charge >= 0.3 is 5.91 Å². The zero-order valence-corrected chi connectivity index (χ0v) is 20.0. The summed E-state index contributed by atoms with van der Waals surface area (Å²) >= 11 is 0. The number of benzene rings is 1. The van der Waals surface area contributed by atoms with Crippen molar-refractivity contribution >= 4 is 11.6 Å². The third kappa shape index (κ3) is 7.70. The summed E-state index contributed by atoms with van der Waals surface area (Å²) in [6.45, 7) is 0.275. The Hall–Kier alpha value is -1.75. The van der Waals surface area contributed by atoms with Crippen LogP contribution >= 0.6 is 0 Å². The Morgan fingerprint density at radius 3 is 2.25 bits per heavy atom. The molecule has 5 nitrogen and oxygen atoms in total. The molecule has 7 heteroatoms. The number of hydrazine groups is 1. The van der Waals surface area contributed by atoms with E-state index < -0.39 is 0 Å². The number of amides is 1. The molecule has 2 heterocycles. The summed E-state index contributed by atoms with van der Waals surface area (Å²) in [5.74, 6) is -0.0911. The number of aromatic nitrogens is 2. The number of pyridine rings is 2. The highest BCUT2D eigenvalue weighted by molar-refractivity contribution is 5.76. The van der Waals surface area contributed by atoms with Crippen LogP contribution in [0.4, 0.5) is 5.69 Å². The van der Waals surface area contributed by atoms with Crippen LogP contribution in [0.3, 0.4) is 0 Å². The Balaban J connectivity index is 0.00000196. The van der Waals surface area contributed by atoms with E-state index in [0.29, 0.717) is 0 Å². The SMILES string of the molecule is C[n+]1ccc(CCc2ccccc2NNC(=O)C[n+]2ccccc2)cc1.[I-].[I-]. The second-order valence-electron chi connectivity index (χ2n) is 6.25. The number of para-hydroxylation sites is 1. The van der Waals surface area contributed by atoms with Crippen molar-refractivity contribution in [3.63, 3.8) is 0 Å². The molecule has 2 aromatic heterocycles. The lowest BCUT2D eigenvalue weighted by Crippen LogP contribution is -3.00. The van der Waals surface area contributed by atoms with E-state index in [1.165, 1.54) is 11.1 Å². The number of hydrogen-bond donors (Lipinski definition) is 2. The van der Waals surface area contributed by atoms with Crippen LogP contribution in [0, 0.1) is 0 Å². The molecule has 0 aliphatic heterocycles. The van der Waals surface area contributed by atoms with Gasteiger partial charge in [0.2, 0.25) is 6.54 Å². The number of carbonyl (C=O) groups is 1. The fourth-order valence-electron chi connectivity index (χ4n) is 2.72. The largest absolute Gasteiger partial charge is 1.00 e. The normalized spacial score (nSPS) is 9.61. The van der Waals surface area contributed by atoms with Crippen LogP contribution in [0.1, 0.15) is 11.1 Å². The molecule has 0 bridgehead atoms. The van der Waals surface area contributed by atoms with Gasteiger partial charge in [0.25, 0.3) is 0 Å². The minimum Gasteiger partial charge on any atom is -1.00 e. The van der Waals surface area contributed by atoms with Gasteiger partial charge < -0.3 is 48.0 Å². The van der Waals surface area contributed by atoms with Gasteiger partial charge in [-0.2, -0.15) is 4.57 Å². The second-order valence-corrected chi connectivity index (χ2v) is 6.25. The molecule has 148 valence electrons. The number of anilines is 1. The Morgan fingerprint density at radius 2 is 1.54 bits per heavy atom. The van der Waals surface area contributed by atoms with E-state index in [1.807, 2.05) is 65.0 Å². The summed E-state index contributed by atoms with van der Waals surface area (Å²) in [6, 6.07) is 18.1. The highest BCUT2D eigenvalue weighted by Gasteiger charge is 2.09. The summed E-state index contributed by atoms with van der Waals surface area (Å²) < 4.78 is 3.86. The van der Waals surface area contributed by atoms with Crippen molar-refractivity contribution in [2.24, 2.45) is 7.05 Å². The van der Waals surface area contributed by atoms with Crippen LogP contribution in [0.2, 0.25) is 0 Å². The smallest absolute Gasteiger partial charge is 0.304 e. The number of halogens is 2. The molecule has 2 N–H and O–H groups in total. The van der Waals surface area contributed by atoms with Gasteiger partial charge in [0.05, 0.1) is 5.69 Å². The molecule has 3 aromatic rings. The van der Waals surface area contributed by atoms with Crippen molar-refractivity contribution in [3.8, 4) is 0 Å². The lowest BCUT2D eigenvalue weighted by molar-refractivity contribution is -0.684. The fourth-order valence-corrected chi connectivity index (χ4v) is 2.72. The number of rotatable bonds is 7. The van der Waals surface area contributed by atoms with Gasteiger partial charge in [-0.3, -0.25) is 15.6 Å². The van der Waals surface area contributed by atoms with Crippen molar-refractivity contribution in [2.45, 2.75) is 19.4 Å². The predicted octanol–water partition coefficient (Wildman–Crippen LogP) is -4.26. The number of carbonyl (C=O) groups excluding carboxylic acids is 1.